The van der Waals surface area contributed by atoms with Gasteiger partial charge in [0.15, 0.2) is 0 Å². The SMILES string of the molecule is CC(C)CCC1CCCN(C(=O)NC(C)CCCO)C1. The van der Waals surface area contributed by atoms with Crippen LogP contribution >= 0.6 is 0 Å². The van der Waals surface area contributed by atoms with E-state index in [-0.39, 0.29) is 18.7 Å². The molecule has 0 aromatic heterocycles. The predicted octanol–water partition coefficient (Wildman–Crippen LogP) is 3.01. The molecule has 0 radical (unpaired) electrons. The molecule has 2 unspecified atom stereocenters. The van der Waals surface area contributed by atoms with Gasteiger partial charge < -0.3 is 15.3 Å². The molecule has 0 aliphatic carbocycles. The maximum atomic E-state index is 12.2. The summed E-state index contributed by atoms with van der Waals surface area (Å²) in [6.07, 6.45) is 6.47. The van der Waals surface area contributed by atoms with Crippen LogP contribution in [0.1, 0.15) is 59.3 Å². The quantitative estimate of drug-likeness (QED) is 0.755. The standard InChI is InChI=1S/C16H32N2O2/c1-13(2)8-9-15-7-4-10-18(12-15)16(20)17-14(3)6-5-11-19/h13-15,19H,4-12H2,1-3H3,(H,17,20). The second-order valence-corrected chi connectivity index (χ2v) is 6.64. The topological polar surface area (TPSA) is 52.6 Å². The maximum absolute atomic E-state index is 12.2. The lowest BCUT2D eigenvalue weighted by atomic mass is 9.91. The Morgan fingerprint density at radius 2 is 2.10 bits per heavy atom. The van der Waals surface area contributed by atoms with Gasteiger partial charge in [0.2, 0.25) is 0 Å². The Balaban J connectivity index is 2.32. The third-order valence-corrected chi connectivity index (χ3v) is 4.12. The summed E-state index contributed by atoms with van der Waals surface area (Å²) < 4.78 is 0. The molecular weight excluding hydrogens is 252 g/mol. The first-order valence-corrected chi connectivity index (χ1v) is 8.19. The Labute approximate surface area is 123 Å². The molecule has 2 atom stereocenters. The molecule has 2 N–H and O–H groups in total. The van der Waals surface area contributed by atoms with Crippen molar-refractivity contribution in [3.05, 3.63) is 0 Å². The first-order chi connectivity index (χ1) is 9.52. The van der Waals surface area contributed by atoms with E-state index in [1.165, 1.54) is 19.3 Å². The molecule has 1 heterocycles. The zero-order valence-electron chi connectivity index (χ0n) is 13.4. The van der Waals surface area contributed by atoms with Gasteiger partial charge >= 0.3 is 6.03 Å². The number of hydrogen-bond acceptors (Lipinski definition) is 2. The fourth-order valence-corrected chi connectivity index (χ4v) is 2.83. The van der Waals surface area contributed by atoms with Crippen molar-refractivity contribution in [3.8, 4) is 0 Å². The van der Waals surface area contributed by atoms with Crippen LogP contribution in [0.4, 0.5) is 4.79 Å². The Morgan fingerprint density at radius 3 is 2.75 bits per heavy atom. The van der Waals surface area contributed by atoms with Crippen LogP contribution in [0.15, 0.2) is 0 Å². The summed E-state index contributed by atoms with van der Waals surface area (Å²) >= 11 is 0. The average molecular weight is 284 g/mol. The van der Waals surface area contributed by atoms with Crippen LogP contribution in [0.5, 0.6) is 0 Å². The number of likely N-dealkylation sites (tertiary alicyclic amines) is 1. The molecule has 20 heavy (non-hydrogen) atoms. The summed E-state index contributed by atoms with van der Waals surface area (Å²) in [5.41, 5.74) is 0. The van der Waals surface area contributed by atoms with E-state index in [1.54, 1.807) is 0 Å². The van der Waals surface area contributed by atoms with Crippen LogP contribution in [0.25, 0.3) is 0 Å². The molecule has 0 spiro atoms. The van der Waals surface area contributed by atoms with Gasteiger partial charge in [0.05, 0.1) is 0 Å². The molecular formula is C16H32N2O2. The highest BCUT2D eigenvalue weighted by molar-refractivity contribution is 5.74. The van der Waals surface area contributed by atoms with Crippen molar-refractivity contribution in [1.82, 2.24) is 10.2 Å². The van der Waals surface area contributed by atoms with Crippen molar-refractivity contribution in [1.29, 1.82) is 0 Å². The third kappa shape index (κ3) is 6.60. The number of rotatable bonds is 7. The average Bonchev–Trinajstić information content (AvgIpc) is 2.43. The van der Waals surface area contributed by atoms with Crippen molar-refractivity contribution < 1.29 is 9.90 Å². The number of carbonyl (C=O) groups is 1. The lowest BCUT2D eigenvalue weighted by Crippen LogP contribution is -2.48. The van der Waals surface area contributed by atoms with Crippen molar-refractivity contribution in [2.45, 2.75) is 65.3 Å². The Morgan fingerprint density at radius 1 is 1.35 bits per heavy atom. The van der Waals surface area contributed by atoms with E-state index in [0.717, 1.165) is 38.3 Å². The zero-order valence-corrected chi connectivity index (χ0v) is 13.4. The highest BCUT2D eigenvalue weighted by Crippen LogP contribution is 2.23. The van der Waals surface area contributed by atoms with Gasteiger partial charge in [-0.3, -0.25) is 0 Å². The molecule has 0 saturated carbocycles. The number of hydrogen-bond donors (Lipinski definition) is 2. The molecule has 0 bridgehead atoms. The van der Waals surface area contributed by atoms with E-state index >= 15 is 0 Å². The van der Waals surface area contributed by atoms with Crippen LogP contribution in [-0.2, 0) is 0 Å². The van der Waals surface area contributed by atoms with E-state index in [0.29, 0.717) is 5.92 Å². The second kappa shape index (κ2) is 9.22. The predicted molar refractivity (Wildman–Crippen MR) is 82.7 cm³/mol. The highest BCUT2D eigenvalue weighted by atomic mass is 16.3. The third-order valence-electron chi connectivity index (χ3n) is 4.12. The number of piperidine rings is 1. The first kappa shape index (κ1) is 17.3. The van der Waals surface area contributed by atoms with Crippen LogP contribution < -0.4 is 5.32 Å². The fourth-order valence-electron chi connectivity index (χ4n) is 2.83. The Bertz CT molecular complexity index is 282. The number of aliphatic hydroxyl groups excluding tert-OH is 1. The molecule has 0 aromatic rings. The molecule has 4 heteroatoms. The number of amides is 2. The minimum absolute atomic E-state index is 0.0738. The number of nitrogens with one attached hydrogen (secondary N) is 1. The van der Waals surface area contributed by atoms with Gasteiger partial charge in [0, 0.05) is 25.7 Å². The largest absolute Gasteiger partial charge is 0.396 e. The van der Waals surface area contributed by atoms with E-state index in [9.17, 15) is 4.79 Å². The first-order valence-electron chi connectivity index (χ1n) is 8.19. The lowest BCUT2D eigenvalue weighted by molar-refractivity contribution is 0.156. The monoisotopic (exact) mass is 284 g/mol. The van der Waals surface area contributed by atoms with Crippen LogP contribution in [0, 0.1) is 11.8 Å². The normalized spacial score (nSPS) is 21.1. The summed E-state index contributed by atoms with van der Waals surface area (Å²) in [5, 5.41) is 11.9. The summed E-state index contributed by atoms with van der Waals surface area (Å²) in [6.45, 7) is 8.52. The number of urea groups is 1. The molecule has 1 rings (SSSR count). The lowest BCUT2D eigenvalue weighted by Gasteiger charge is -2.34. The second-order valence-electron chi connectivity index (χ2n) is 6.64. The highest BCUT2D eigenvalue weighted by Gasteiger charge is 2.24. The molecule has 4 nitrogen and oxygen atoms in total. The van der Waals surface area contributed by atoms with Gasteiger partial charge in [0.1, 0.15) is 0 Å². The van der Waals surface area contributed by atoms with Gasteiger partial charge in [-0.1, -0.05) is 20.3 Å². The zero-order chi connectivity index (χ0) is 15.0. The Hall–Kier alpha value is -0.770. The van der Waals surface area contributed by atoms with E-state index in [2.05, 4.69) is 19.2 Å². The number of nitrogens with zero attached hydrogens (tertiary/aromatic N) is 1. The number of aliphatic hydroxyl groups is 1. The summed E-state index contributed by atoms with van der Waals surface area (Å²) in [5.74, 6) is 1.42. The van der Waals surface area contributed by atoms with Crippen molar-refractivity contribution in [2.24, 2.45) is 11.8 Å². The minimum Gasteiger partial charge on any atom is -0.396 e. The molecule has 1 aliphatic rings. The summed E-state index contributed by atoms with van der Waals surface area (Å²) in [4.78, 5) is 14.2. The molecule has 118 valence electrons. The number of carbonyl (C=O) groups excluding carboxylic acids is 1. The molecule has 2 amide bonds. The van der Waals surface area contributed by atoms with E-state index in [1.807, 2.05) is 11.8 Å². The molecule has 0 aromatic carbocycles. The van der Waals surface area contributed by atoms with E-state index in [4.69, 9.17) is 5.11 Å². The van der Waals surface area contributed by atoms with Crippen molar-refractivity contribution in [3.63, 3.8) is 0 Å². The molecule has 1 aliphatic heterocycles. The van der Waals surface area contributed by atoms with Gasteiger partial charge in [-0.05, 0) is 50.9 Å². The maximum Gasteiger partial charge on any atom is 0.317 e. The van der Waals surface area contributed by atoms with Gasteiger partial charge in [-0.25, -0.2) is 4.79 Å². The minimum atomic E-state index is 0.0738. The van der Waals surface area contributed by atoms with Crippen LogP contribution in [0.3, 0.4) is 0 Å². The van der Waals surface area contributed by atoms with Crippen molar-refractivity contribution in [2.75, 3.05) is 19.7 Å². The molecule has 1 saturated heterocycles. The smallest absolute Gasteiger partial charge is 0.317 e. The summed E-state index contributed by atoms with van der Waals surface area (Å²) in [7, 11) is 0. The molecule has 1 fully saturated rings. The van der Waals surface area contributed by atoms with Crippen LogP contribution in [-0.4, -0.2) is 41.8 Å². The van der Waals surface area contributed by atoms with Crippen molar-refractivity contribution >= 4 is 6.03 Å². The van der Waals surface area contributed by atoms with E-state index < -0.39 is 0 Å². The van der Waals surface area contributed by atoms with Gasteiger partial charge in [0.25, 0.3) is 0 Å². The van der Waals surface area contributed by atoms with Gasteiger partial charge in [-0.15, -0.1) is 0 Å². The fraction of sp³-hybridized carbons (Fsp3) is 0.938. The Kier molecular flexibility index (Phi) is 7.97. The summed E-state index contributed by atoms with van der Waals surface area (Å²) in [6, 6.07) is 0.218. The van der Waals surface area contributed by atoms with Gasteiger partial charge in [-0.2, -0.15) is 0 Å². The van der Waals surface area contributed by atoms with Crippen LogP contribution in [0.2, 0.25) is 0 Å².